The summed E-state index contributed by atoms with van der Waals surface area (Å²) in [5, 5.41) is 1.96. The van der Waals surface area contributed by atoms with Crippen molar-refractivity contribution in [3.8, 4) is 5.75 Å². The number of hydrogen-bond acceptors (Lipinski definition) is 4. The molecular formula is C18H19ClFNO3S. The summed E-state index contributed by atoms with van der Waals surface area (Å²) in [6.45, 7) is 1.70. The fraction of sp³-hybridized carbons (Fsp3) is 0.389. The van der Waals surface area contributed by atoms with Crippen molar-refractivity contribution in [1.29, 1.82) is 0 Å². The second kappa shape index (κ2) is 8.65. The van der Waals surface area contributed by atoms with Crippen LogP contribution in [0.2, 0.25) is 5.02 Å². The van der Waals surface area contributed by atoms with E-state index in [1.54, 1.807) is 16.2 Å². The van der Waals surface area contributed by atoms with E-state index in [1.807, 2.05) is 17.5 Å². The Labute approximate surface area is 155 Å². The van der Waals surface area contributed by atoms with E-state index in [0.717, 1.165) is 24.3 Å². The SMILES string of the molecule is O=C(COc1ccc(F)c(Cl)c1)N(Cc1cccs1)CC1CCCO1. The fourth-order valence-corrected chi connectivity index (χ4v) is 3.57. The van der Waals surface area contributed by atoms with Gasteiger partial charge in [-0.2, -0.15) is 0 Å². The number of benzene rings is 1. The molecule has 25 heavy (non-hydrogen) atoms. The Morgan fingerprint density at radius 1 is 1.44 bits per heavy atom. The number of carbonyl (C=O) groups excluding carboxylic acids is 1. The van der Waals surface area contributed by atoms with Gasteiger partial charge in [-0.05, 0) is 36.4 Å². The first-order chi connectivity index (χ1) is 12.1. The normalized spacial score (nSPS) is 16.8. The number of thiophene rings is 1. The summed E-state index contributed by atoms with van der Waals surface area (Å²) in [5.74, 6) is -0.282. The van der Waals surface area contributed by atoms with Crippen LogP contribution >= 0.6 is 22.9 Å². The summed E-state index contributed by atoms with van der Waals surface area (Å²) < 4.78 is 24.3. The van der Waals surface area contributed by atoms with Crippen molar-refractivity contribution in [3.63, 3.8) is 0 Å². The summed E-state index contributed by atoms with van der Waals surface area (Å²) in [4.78, 5) is 15.5. The van der Waals surface area contributed by atoms with Gasteiger partial charge >= 0.3 is 0 Å². The lowest BCUT2D eigenvalue weighted by Crippen LogP contribution is -2.39. The van der Waals surface area contributed by atoms with E-state index in [2.05, 4.69) is 0 Å². The molecule has 1 aliphatic rings. The average Bonchev–Trinajstić information content (AvgIpc) is 3.29. The first-order valence-electron chi connectivity index (χ1n) is 8.11. The van der Waals surface area contributed by atoms with Gasteiger partial charge in [0.15, 0.2) is 6.61 Å². The highest BCUT2D eigenvalue weighted by Crippen LogP contribution is 2.22. The smallest absolute Gasteiger partial charge is 0.260 e. The van der Waals surface area contributed by atoms with Gasteiger partial charge < -0.3 is 14.4 Å². The molecule has 3 rings (SSSR count). The molecule has 1 saturated heterocycles. The maximum absolute atomic E-state index is 13.2. The van der Waals surface area contributed by atoms with Crippen LogP contribution in [-0.4, -0.2) is 36.7 Å². The third-order valence-electron chi connectivity index (χ3n) is 3.98. The van der Waals surface area contributed by atoms with E-state index in [4.69, 9.17) is 21.1 Å². The zero-order valence-corrected chi connectivity index (χ0v) is 15.2. The van der Waals surface area contributed by atoms with Gasteiger partial charge in [-0.3, -0.25) is 4.79 Å². The van der Waals surface area contributed by atoms with Gasteiger partial charge in [0.1, 0.15) is 11.6 Å². The molecule has 1 aliphatic heterocycles. The molecule has 1 atom stereocenters. The predicted octanol–water partition coefficient (Wildman–Crippen LogP) is 4.13. The summed E-state index contributed by atoms with van der Waals surface area (Å²) in [6.07, 6.45) is 2.06. The lowest BCUT2D eigenvalue weighted by atomic mass is 10.2. The largest absolute Gasteiger partial charge is 0.484 e. The van der Waals surface area contributed by atoms with Gasteiger partial charge in [-0.1, -0.05) is 17.7 Å². The molecule has 1 amide bonds. The predicted molar refractivity (Wildman–Crippen MR) is 95.6 cm³/mol. The van der Waals surface area contributed by atoms with Crippen molar-refractivity contribution in [2.45, 2.75) is 25.5 Å². The number of ether oxygens (including phenoxy) is 2. The summed E-state index contributed by atoms with van der Waals surface area (Å²) >= 11 is 7.34. The topological polar surface area (TPSA) is 38.8 Å². The lowest BCUT2D eigenvalue weighted by Gasteiger charge is -2.25. The number of carbonyl (C=O) groups is 1. The summed E-state index contributed by atoms with van der Waals surface area (Å²) in [5.41, 5.74) is 0. The van der Waals surface area contributed by atoms with Gasteiger partial charge in [-0.15, -0.1) is 11.3 Å². The molecule has 1 aromatic carbocycles. The minimum atomic E-state index is -0.516. The van der Waals surface area contributed by atoms with Crippen LogP contribution in [0.25, 0.3) is 0 Å². The van der Waals surface area contributed by atoms with Crippen LogP contribution in [0.3, 0.4) is 0 Å². The minimum Gasteiger partial charge on any atom is -0.484 e. The quantitative estimate of drug-likeness (QED) is 0.721. The van der Waals surface area contributed by atoms with Crippen LogP contribution in [0.15, 0.2) is 35.7 Å². The van der Waals surface area contributed by atoms with Gasteiger partial charge in [0.2, 0.25) is 0 Å². The van der Waals surface area contributed by atoms with E-state index in [-0.39, 0.29) is 23.6 Å². The number of amides is 1. The Kier molecular flexibility index (Phi) is 6.29. The number of halogens is 2. The highest BCUT2D eigenvalue weighted by atomic mass is 35.5. The number of nitrogens with zero attached hydrogens (tertiary/aromatic N) is 1. The van der Waals surface area contributed by atoms with Crippen LogP contribution in [0.1, 0.15) is 17.7 Å². The van der Waals surface area contributed by atoms with Crippen molar-refractivity contribution in [2.75, 3.05) is 19.8 Å². The number of rotatable bonds is 7. The maximum atomic E-state index is 13.2. The van der Waals surface area contributed by atoms with Crippen molar-refractivity contribution in [2.24, 2.45) is 0 Å². The third-order valence-corrected chi connectivity index (χ3v) is 5.13. The summed E-state index contributed by atoms with van der Waals surface area (Å²) in [6, 6.07) is 8.01. The van der Waals surface area contributed by atoms with Crippen LogP contribution in [-0.2, 0) is 16.1 Å². The van der Waals surface area contributed by atoms with Crippen LogP contribution in [0, 0.1) is 5.82 Å². The molecule has 134 valence electrons. The van der Waals surface area contributed by atoms with Crippen molar-refractivity contribution >= 4 is 28.8 Å². The molecule has 0 radical (unpaired) electrons. The Balaban J connectivity index is 1.61. The van der Waals surface area contributed by atoms with E-state index < -0.39 is 5.82 Å². The number of hydrogen-bond donors (Lipinski definition) is 0. The molecule has 0 aliphatic carbocycles. The monoisotopic (exact) mass is 383 g/mol. The van der Waals surface area contributed by atoms with Gasteiger partial charge in [0.05, 0.1) is 17.7 Å². The van der Waals surface area contributed by atoms with Crippen LogP contribution in [0.5, 0.6) is 5.75 Å². The molecule has 7 heteroatoms. The molecular weight excluding hydrogens is 365 g/mol. The van der Waals surface area contributed by atoms with E-state index >= 15 is 0 Å². The molecule has 0 spiro atoms. The second-order valence-electron chi connectivity index (χ2n) is 5.85. The second-order valence-corrected chi connectivity index (χ2v) is 7.29. The Bertz CT molecular complexity index is 704. The molecule has 2 aromatic rings. The molecule has 0 N–H and O–H groups in total. The highest BCUT2D eigenvalue weighted by molar-refractivity contribution is 7.09. The fourth-order valence-electron chi connectivity index (χ4n) is 2.68. The molecule has 1 aromatic heterocycles. The Morgan fingerprint density at radius 3 is 3.00 bits per heavy atom. The molecule has 1 unspecified atom stereocenters. The maximum Gasteiger partial charge on any atom is 0.260 e. The molecule has 4 nitrogen and oxygen atoms in total. The van der Waals surface area contributed by atoms with Crippen molar-refractivity contribution < 1.29 is 18.7 Å². The third kappa shape index (κ3) is 5.17. The van der Waals surface area contributed by atoms with Crippen LogP contribution in [0.4, 0.5) is 4.39 Å². The lowest BCUT2D eigenvalue weighted by molar-refractivity contribution is -0.135. The zero-order valence-electron chi connectivity index (χ0n) is 13.6. The van der Waals surface area contributed by atoms with Crippen molar-refractivity contribution in [1.82, 2.24) is 4.90 Å². The van der Waals surface area contributed by atoms with Gasteiger partial charge in [-0.25, -0.2) is 4.39 Å². The molecule has 0 bridgehead atoms. The van der Waals surface area contributed by atoms with E-state index in [1.165, 1.54) is 18.2 Å². The Morgan fingerprint density at radius 2 is 2.32 bits per heavy atom. The average molecular weight is 384 g/mol. The van der Waals surface area contributed by atoms with E-state index in [9.17, 15) is 9.18 Å². The molecule has 1 fully saturated rings. The first-order valence-corrected chi connectivity index (χ1v) is 9.37. The first kappa shape index (κ1) is 18.2. The Hall–Kier alpha value is -1.63. The highest BCUT2D eigenvalue weighted by Gasteiger charge is 2.23. The van der Waals surface area contributed by atoms with E-state index in [0.29, 0.717) is 18.8 Å². The van der Waals surface area contributed by atoms with Gasteiger partial charge in [0, 0.05) is 24.1 Å². The molecule has 0 saturated carbocycles. The summed E-state index contributed by atoms with van der Waals surface area (Å²) in [7, 11) is 0. The minimum absolute atomic E-state index is 0.0280. The van der Waals surface area contributed by atoms with Crippen molar-refractivity contribution in [3.05, 3.63) is 51.4 Å². The zero-order chi connectivity index (χ0) is 17.6. The molecule has 2 heterocycles. The van der Waals surface area contributed by atoms with Crippen LogP contribution < -0.4 is 4.74 Å². The van der Waals surface area contributed by atoms with Gasteiger partial charge in [0.25, 0.3) is 5.91 Å². The standard InChI is InChI=1S/C18H19ClFNO3S/c19-16-9-13(5-6-17(16)20)24-12-18(22)21(10-14-3-1-7-23-14)11-15-4-2-8-25-15/h2,4-6,8-9,14H,1,3,7,10-12H2.